The van der Waals surface area contributed by atoms with Gasteiger partial charge in [0.15, 0.2) is 6.29 Å². The maximum absolute atomic E-state index is 8.51. The van der Waals surface area contributed by atoms with Crippen molar-refractivity contribution in [3.63, 3.8) is 0 Å². The van der Waals surface area contributed by atoms with E-state index in [9.17, 15) is 0 Å². The smallest absolute Gasteiger partial charge is 0.177 e. The van der Waals surface area contributed by atoms with Crippen LogP contribution in [0.25, 0.3) is 0 Å². The zero-order chi connectivity index (χ0) is 5.70. The minimum Gasteiger partial charge on any atom is -0.379 e. The first kappa shape index (κ1) is 11.2. The zero-order valence-corrected chi connectivity index (χ0v) is 5.79. The van der Waals surface area contributed by atoms with Gasteiger partial charge in [-0.15, -0.1) is 0 Å². The molecule has 0 aliphatic rings. The third-order valence-corrected chi connectivity index (χ3v) is 0.581. The van der Waals surface area contributed by atoms with Crippen LogP contribution in [-0.4, -0.2) is 32.2 Å². The molecule has 0 aromatic heterocycles. The largest absolute Gasteiger partial charge is 0.379 e. The number of methoxy groups -OCH3 is 2. The summed E-state index contributed by atoms with van der Waals surface area (Å²) in [6.07, 6.45) is -0.773. The predicted octanol–water partition coefficient (Wildman–Crippen LogP) is -0.405. The Hall–Kier alpha value is 0.399. The van der Waals surface area contributed by atoms with Crippen LogP contribution in [0.3, 0.4) is 0 Å². The summed E-state index contributed by atoms with van der Waals surface area (Å²) in [5.41, 5.74) is 0. The van der Waals surface area contributed by atoms with Crippen LogP contribution < -0.4 is 0 Å². The third-order valence-electron chi connectivity index (χ3n) is 0.581. The summed E-state index contributed by atoms with van der Waals surface area (Å²) in [7, 11) is 2.92. The number of ether oxygens (including phenoxy) is 2. The standard InChI is InChI=1S/C4H10O3.Cu/c1-6-3-4(5)7-2;/h4-5H,3H2,1-2H3;. The molecule has 1 unspecified atom stereocenters. The van der Waals surface area contributed by atoms with Gasteiger partial charge in [-0.1, -0.05) is 0 Å². The molecule has 0 aromatic carbocycles. The van der Waals surface area contributed by atoms with E-state index in [1.54, 1.807) is 0 Å². The normalized spacial score (nSPS) is 12.4. The molecule has 0 aliphatic heterocycles. The van der Waals surface area contributed by atoms with Crippen LogP contribution in [0.5, 0.6) is 0 Å². The number of hydrogen-bond donors (Lipinski definition) is 1. The number of aliphatic hydroxyl groups excluding tert-OH is 1. The number of aliphatic hydroxyl groups is 1. The summed E-state index contributed by atoms with van der Waals surface area (Å²) >= 11 is 0. The number of rotatable bonds is 3. The van der Waals surface area contributed by atoms with Crippen LogP contribution in [0.4, 0.5) is 0 Å². The first-order valence-electron chi connectivity index (χ1n) is 2.01. The molecule has 8 heavy (non-hydrogen) atoms. The maximum atomic E-state index is 8.51. The van der Waals surface area contributed by atoms with Gasteiger partial charge < -0.3 is 14.6 Å². The molecule has 1 radical (unpaired) electrons. The Bertz CT molecular complexity index is 42.3. The van der Waals surface area contributed by atoms with E-state index in [1.165, 1.54) is 14.2 Å². The minimum absolute atomic E-state index is 0. The molecule has 1 N–H and O–H groups in total. The Kier molecular flexibility index (Phi) is 10.4. The fourth-order valence-electron chi connectivity index (χ4n) is 0.211. The van der Waals surface area contributed by atoms with Crippen molar-refractivity contribution in [3.8, 4) is 0 Å². The molecule has 0 saturated heterocycles. The summed E-state index contributed by atoms with van der Waals surface area (Å²) in [6.45, 7) is 0.233. The molecule has 1 atom stereocenters. The molecule has 4 heteroatoms. The van der Waals surface area contributed by atoms with E-state index in [4.69, 9.17) is 5.11 Å². The van der Waals surface area contributed by atoms with Gasteiger partial charge in [-0.2, -0.15) is 0 Å². The summed E-state index contributed by atoms with van der Waals surface area (Å²) in [5, 5.41) is 8.51. The Morgan fingerprint density at radius 1 is 1.50 bits per heavy atom. The first-order chi connectivity index (χ1) is 3.31. The predicted molar refractivity (Wildman–Crippen MR) is 24.9 cm³/mol. The van der Waals surface area contributed by atoms with Crippen molar-refractivity contribution in [2.24, 2.45) is 0 Å². The van der Waals surface area contributed by atoms with Gasteiger partial charge in [0.2, 0.25) is 0 Å². The average Bonchev–Trinajstić information content (AvgIpc) is 1.68. The molecule has 0 fully saturated rings. The van der Waals surface area contributed by atoms with Crippen molar-refractivity contribution in [2.45, 2.75) is 6.29 Å². The van der Waals surface area contributed by atoms with E-state index < -0.39 is 6.29 Å². The Labute approximate surface area is 59.5 Å². The molecular weight excluding hydrogens is 160 g/mol. The Morgan fingerprint density at radius 2 is 2.00 bits per heavy atom. The second kappa shape index (κ2) is 7.40. The van der Waals surface area contributed by atoms with Gasteiger partial charge in [0.1, 0.15) is 0 Å². The molecule has 0 saturated carbocycles. The van der Waals surface area contributed by atoms with Crippen molar-refractivity contribution < 1.29 is 31.6 Å². The zero-order valence-electron chi connectivity index (χ0n) is 4.85. The SMILES string of the molecule is COCC(O)OC.[Cu]. The van der Waals surface area contributed by atoms with E-state index in [2.05, 4.69) is 9.47 Å². The molecule has 0 amide bonds. The summed E-state index contributed by atoms with van der Waals surface area (Å²) in [4.78, 5) is 0. The van der Waals surface area contributed by atoms with Crippen molar-refractivity contribution in [2.75, 3.05) is 20.8 Å². The average molecular weight is 170 g/mol. The summed E-state index contributed by atoms with van der Waals surface area (Å²) < 4.78 is 8.94. The molecule has 3 nitrogen and oxygen atoms in total. The van der Waals surface area contributed by atoms with Gasteiger partial charge in [-0.3, -0.25) is 0 Å². The number of hydrogen-bond acceptors (Lipinski definition) is 3. The molecule has 0 aliphatic carbocycles. The van der Waals surface area contributed by atoms with Crippen molar-refractivity contribution in [1.29, 1.82) is 0 Å². The molecule has 0 aromatic rings. The van der Waals surface area contributed by atoms with Crippen LogP contribution >= 0.6 is 0 Å². The van der Waals surface area contributed by atoms with E-state index in [1.807, 2.05) is 0 Å². The van der Waals surface area contributed by atoms with Crippen LogP contribution in [0.1, 0.15) is 0 Å². The van der Waals surface area contributed by atoms with Crippen molar-refractivity contribution in [3.05, 3.63) is 0 Å². The minimum atomic E-state index is -0.773. The van der Waals surface area contributed by atoms with Gasteiger partial charge in [0.25, 0.3) is 0 Å². The van der Waals surface area contributed by atoms with Crippen LogP contribution in [-0.2, 0) is 26.5 Å². The summed E-state index contributed by atoms with van der Waals surface area (Å²) in [5.74, 6) is 0. The van der Waals surface area contributed by atoms with Crippen LogP contribution in [0, 0.1) is 0 Å². The first-order valence-corrected chi connectivity index (χ1v) is 2.01. The molecular formula is C4H10CuO3. The molecule has 0 heterocycles. The maximum Gasteiger partial charge on any atom is 0.177 e. The second-order valence-electron chi connectivity index (χ2n) is 1.15. The van der Waals surface area contributed by atoms with Gasteiger partial charge in [0, 0.05) is 31.3 Å². The Morgan fingerprint density at radius 3 is 2.12 bits per heavy atom. The van der Waals surface area contributed by atoms with Crippen LogP contribution in [0.15, 0.2) is 0 Å². The van der Waals surface area contributed by atoms with Gasteiger partial charge in [-0.05, 0) is 0 Å². The monoisotopic (exact) mass is 169 g/mol. The van der Waals surface area contributed by atoms with Gasteiger partial charge >= 0.3 is 0 Å². The van der Waals surface area contributed by atoms with Gasteiger partial charge in [-0.25, -0.2) is 0 Å². The molecule has 55 valence electrons. The molecule has 0 rings (SSSR count). The fraction of sp³-hybridized carbons (Fsp3) is 1.00. The topological polar surface area (TPSA) is 38.7 Å². The molecule has 0 bridgehead atoms. The van der Waals surface area contributed by atoms with E-state index in [0.717, 1.165) is 0 Å². The Balaban J connectivity index is 0. The fourth-order valence-corrected chi connectivity index (χ4v) is 0.211. The second-order valence-corrected chi connectivity index (χ2v) is 1.15. The van der Waals surface area contributed by atoms with Crippen molar-refractivity contribution >= 4 is 0 Å². The summed E-state index contributed by atoms with van der Waals surface area (Å²) in [6, 6.07) is 0. The van der Waals surface area contributed by atoms with E-state index in [-0.39, 0.29) is 23.7 Å². The van der Waals surface area contributed by atoms with E-state index in [0.29, 0.717) is 0 Å². The van der Waals surface area contributed by atoms with Crippen molar-refractivity contribution in [1.82, 2.24) is 0 Å². The van der Waals surface area contributed by atoms with Gasteiger partial charge in [0.05, 0.1) is 6.61 Å². The molecule has 0 spiro atoms. The quantitative estimate of drug-likeness (QED) is 0.462. The van der Waals surface area contributed by atoms with Crippen LogP contribution in [0.2, 0.25) is 0 Å². The van der Waals surface area contributed by atoms with E-state index >= 15 is 0 Å². The third kappa shape index (κ3) is 6.40.